The molecular weight excluding hydrogens is 396 g/mol. The maximum Gasteiger partial charge on any atom is 0.343 e. The number of hydrogen-bond donors (Lipinski definition) is 2. The van der Waals surface area contributed by atoms with Gasteiger partial charge in [-0.25, -0.2) is 4.79 Å². The summed E-state index contributed by atoms with van der Waals surface area (Å²) in [5.41, 5.74) is 4.05. The minimum atomic E-state index is -0.625. The smallest absolute Gasteiger partial charge is 0.343 e. The lowest BCUT2D eigenvalue weighted by Gasteiger charge is -2.27. The molecule has 31 heavy (non-hydrogen) atoms. The molecule has 2 heterocycles. The summed E-state index contributed by atoms with van der Waals surface area (Å²) in [6.07, 6.45) is 1.41. The number of ether oxygens (including phenoxy) is 2. The van der Waals surface area contributed by atoms with E-state index in [1.807, 2.05) is 36.4 Å². The Morgan fingerprint density at radius 2 is 2.03 bits per heavy atom. The van der Waals surface area contributed by atoms with Crippen LogP contribution < -0.4 is 5.43 Å². The highest BCUT2D eigenvalue weighted by Gasteiger charge is 2.19. The fraction of sp³-hybridized carbons (Fsp3) is 0.333. The molecular formula is C24H26N2O5. The number of fused-ring (bicyclic) bond motifs is 1. The Labute approximate surface area is 180 Å². The van der Waals surface area contributed by atoms with Crippen molar-refractivity contribution in [2.24, 2.45) is 0 Å². The summed E-state index contributed by atoms with van der Waals surface area (Å²) in [7, 11) is 0. The van der Waals surface area contributed by atoms with Gasteiger partial charge < -0.3 is 19.6 Å². The Morgan fingerprint density at radius 3 is 2.77 bits per heavy atom. The highest BCUT2D eigenvalue weighted by Crippen LogP contribution is 2.29. The third kappa shape index (κ3) is 4.54. The van der Waals surface area contributed by atoms with Gasteiger partial charge in [0.15, 0.2) is 0 Å². The number of aliphatic hydroxyl groups excluding tert-OH is 1. The molecule has 1 aliphatic rings. The SMILES string of the molecule is CCOC(=O)c1c[nH]c2cc(-c3cccc(CO)c3)c(CN3CCOCC3)cc2c1=O. The Kier molecular flexibility index (Phi) is 6.46. The highest BCUT2D eigenvalue weighted by molar-refractivity contribution is 5.95. The first kappa shape index (κ1) is 21.2. The second kappa shape index (κ2) is 9.43. The van der Waals surface area contributed by atoms with E-state index in [4.69, 9.17) is 9.47 Å². The lowest BCUT2D eigenvalue weighted by molar-refractivity contribution is 0.0342. The molecule has 0 unspecified atom stereocenters. The zero-order valence-electron chi connectivity index (χ0n) is 17.5. The number of nitrogens with zero attached hydrogens (tertiary/aromatic N) is 1. The first-order valence-electron chi connectivity index (χ1n) is 10.5. The van der Waals surface area contributed by atoms with E-state index in [1.54, 1.807) is 6.92 Å². The summed E-state index contributed by atoms with van der Waals surface area (Å²) >= 11 is 0. The molecule has 0 saturated carbocycles. The molecule has 0 bridgehead atoms. The molecule has 4 rings (SSSR count). The molecule has 7 heteroatoms. The fourth-order valence-electron chi connectivity index (χ4n) is 3.91. The third-order valence-electron chi connectivity index (χ3n) is 5.52. The van der Waals surface area contributed by atoms with Crippen LogP contribution in [0, 0.1) is 0 Å². The van der Waals surface area contributed by atoms with Crippen molar-refractivity contribution in [3.8, 4) is 11.1 Å². The molecule has 7 nitrogen and oxygen atoms in total. The van der Waals surface area contributed by atoms with Gasteiger partial charge in [0.2, 0.25) is 5.43 Å². The van der Waals surface area contributed by atoms with Crippen molar-refractivity contribution in [3.63, 3.8) is 0 Å². The molecule has 2 N–H and O–H groups in total. The number of rotatable bonds is 6. The number of morpholine rings is 1. The van der Waals surface area contributed by atoms with Crippen LogP contribution in [0.15, 0.2) is 47.4 Å². The van der Waals surface area contributed by atoms with Gasteiger partial charge in [-0.05, 0) is 47.4 Å². The van der Waals surface area contributed by atoms with Crippen LogP contribution in [0.5, 0.6) is 0 Å². The number of benzene rings is 2. The number of esters is 1. The molecule has 0 radical (unpaired) electrons. The average molecular weight is 422 g/mol. The molecule has 162 valence electrons. The van der Waals surface area contributed by atoms with E-state index in [2.05, 4.69) is 9.88 Å². The molecule has 0 aliphatic carbocycles. The van der Waals surface area contributed by atoms with Gasteiger partial charge in [-0.15, -0.1) is 0 Å². The van der Waals surface area contributed by atoms with E-state index >= 15 is 0 Å². The second-order valence-electron chi connectivity index (χ2n) is 7.55. The standard InChI is InChI=1S/C24H26N2O5/c1-2-31-24(29)21-13-25-22-12-19(17-5-3-4-16(10-17)15-27)18(11-20(22)23(21)28)14-26-6-8-30-9-7-26/h3-5,10-13,27H,2,6-9,14-15H2,1H3,(H,25,28). The van der Waals surface area contributed by atoms with Crippen molar-refractivity contribution in [1.82, 2.24) is 9.88 Å². The van der Waals surface area contributed by atoms with Gasteiger partial charge in [0.1, 0.15) is 5.56 Å². The van der Waals surface area contributed by atoms with Crippen LogP contribution in [0.25, 0.3) is 22.0 Å². The summed E-state index contributed by atoms with van der Waals surface area (Å²) < 4.78 is 10.5. The molecule has 2 aromatic carbocycles. The maximum absolute atomic E-state index is 13.0. The average Bonchev–Trinajstić information content (AvgIpc) is 2.80. The van der Waals surface area contributed by atoms with Crippen molar-refractivity contribution in [1.29, 1.82) is 0 Å². The molecule has 1 aromatic heterocycles. The van der Waals surface area contributed by atoms with Crippen LogP contribution >= 0.6 is 0 Å². The molecule has 0 amide bonds. The van der Waals surface area contributed by atoms with Gasteiger partial charge in [-0.2, -0.15) is 0 Å². The Morgan fingerprint density at radius 1 is 1.23 bits per heavy atom. The zero-order valence-corrected chi connectivity index (χ0v) is 17.5. The largest absolute Gasteiger partial charge is 0.462 e. The predicted molar refractivity (Wildman–Crippen MR) is 118 cm³/mol. The first-order valence-corrected chi connectivity index (χ1v) is 10.5. The number of nitrogens with one attached hydrogen (secondary N) is 1. The molecule has 0 spiro atoms. The lowest BCUT2D eigenvalue weighted by Crippen LogP contribution is -2.35. The summed E-state index contributed by atoms with van der Waals surface area (Å²) in [5, 5.41) is 10.0. The van der Waals surface area contributed by atoms with Gasteiger partial charge in [0, 0.05) is 36.7 Å². The summed E-state index contributed by atoms with van der Waals surface area (Å²) in [5.74, 6) is -0.625. The number of aromatic amines is 1. The molecule has 1 fully saturated rings. The lowest BCUT2D eigenvalue weighted by atomic mass is 9.95. The van der Waals surface area contributed by atoms with Crippen LogP contribution in [0.2, 0.25) is 0 Å². The van der Waals surface area contributed by atoms with Crippen LogP contribution in [-0.2, 0) is 22.6 Å². The van der Waals surface area contributed by atoms with Crippen LogP contribution in [-0.4, -0.2) is 53.9 Å². The molecule has 0 atom stereocenters. The van der Waals surface area contributed by atoms with E-state index in [1.165, 1.54) is 6.20 Å². The van der Waals surface area contributed by atoms with Crippen molar-refractivity contribution in [3.05, 3.63) is 69.5 Å². The summed E-state index contributed by atoms with van der Waals surface area (Å²) in [6.45, 7) is 5.51. The van der Waals surface area contributed by atoms with Gasteiger partial charge in [-0.3, -0.25) is 9.69 Å². The Hall–Kier alpha value is -3.00. The number of hydrogen-bond acceptors (Lipinski definition) is 6. The van der Waals surface area contributed by atoms with E-state index in [9.17, 15) is 14.7 Å². The zero-order chi connectivity index (χ0) is 21.8. The minimum Gasteiger partial charge on any atom is -0.462 e. The number of H-pyrrole nitrogens is 1. The molecule has 1 aliphatic heterocycles. The predicted octanol–water partition coefficient (Wildman–Crippen LogP) is 2.70. The Bertz CT molecular complexity index is 1150. The maximum atomic E-state index is 13.0. The Balaban J connectivity index is 1.86. The number of aliphatic hydroxyl groups is 1. The van der Waals surface area contributed by atoms with Crippen LogP contribution in [0.1, 0.15) is 28.4 Å². The second-order valence-corrected chi connectivity index (χ2v) is 7.55. The minimum absolute atomic E-state index is 0.00157. The monoisotopic (exact) mass is 422 g/mol. The summed E-state index contributed by atoms with van der Waals surface area (Å²) in [4.78, 5) is 30.6. The van der Waals surface area contributed by atoms with E-state index < -0.39 is 5.97 Å². The molecule has 3 aromatic rings. The van der Waals surface area contributed by atoms with Crippen molar-refractivity contribution in [2.45, 2.75) is 20.1 Å². The highest BCUT2D eigenvalue weighted by atomic mass is 16.5. The number of carbonyl (C=O) groups excluding carboxylic acids is 1. The van der Waals surface area contributed by atoms with E-state index in [0.29, 0.717) is 30.7 Å². The van der Waals surface area contributed by atoms with Crippen molar-refractivity contribution >= 4 is 16.9 Å². The normalized spacial score (nSPS) is 14.6. The van der Waals surface area contributed by atoms with Gasteiger partial charge in [-0.1, -0.05) is 18.2 Å². The number of pyridine rings is 1. The van der Waals surface area contributed by atoms with Crippen LogP contribution in [0.3, 0.4) is 0 Å². The fourth-order valence-corrected chi connectivity index (χ4v) is 3.91. The van der Waals surface area contributed by atoms with Gasteiger partial charge in [0.05, 0.1) is 26.4 Å². The first-order chi connectivity index (χ1) is 15.1. The van der Waals surface area contributed by atoms with Crippen molar-refractivity contribution < 1.29 is 19.4 Å². The van der Waals surface area contributed by atoms with E-state index in [-0.39, 0.29) is 24.2 Å². The third-order valence-corrected chi connectivity index (χ3v) is 5.52. The number of carbonyl (C=O) groups is 1. The van der Waals surface area contributed by atoms with Gasteiger partial charge >= 0.3 is 5.97 Å². The van der Waals surface area contributed by atoms with E-state index in [0.717, 1.165) is 35.3 Å². The van der Waals surface area contributed by atoms with Gasteiger partial charge in [0.25, 0.3) is 0 Å². The molecule has 1 saturated heterocycles. The summed E-state index contributed by atoms with van der Waals surface area (Å²) in [6, 6.07) is 11.5. The topological polar surface area (TPSA) is 91.9 Å². The number of aromatic nitrogens is 1. The van der Waals surface area contributed by atoms with Crippen LogP contribution in [0.4, 0.5) is 0 Å². The van der Waals surface area contributed by atoms with Crippen molar-refractivity contribution in [2.75, 3.05) is 32.9 Å². The quantitative estimate of drug-likeness (QED) is 0.594.